The average Bonchev–Trinajstić information content (AvgIpc) is 3.40. The smallest absolute Gasteiger partial charge is 0.267 e. The number of hydrogen-bond acceptors (Lipinski definition) is 6. The van der Waals surface area contributed by atoms with Crippen LogP contribution in [0, 0.1) is 5.92 Å². The van der Waals surface area contributed by atoms with E-state index in [0.717, 1.165) is 25.7 Å². The standard InChI is InChI=1S/C21H28N4O3S2/c1-3-4-9-22-19(27)15-8-7-14(2)25(12-15)18(26)11-16-13-30-21(23-16)24-20(28)17-6-5-10-29-17/h5-6,10,13-15H,3-4,7-9,11-12H2,1-2H3,(H,22,27)(H,23,24,28)/t14-,15-/m1/s1. The highest BCUT2D eigenvalue weighted by Gasteiger charge is 2.32. The number of thiazole rings is 1. The SMILES string of the molecule is CCCCNC(=O)[C@@H]1CC[C@@H](C)N(C(=O)Cc2csc(NC(=O)c3cccs3)n2)C1. The Labute approximate surface area is 184 Å². The van der Waals surface area contributed by atoms with Crippen LogP contribution in [0.25, 0.3) is 0 Å². The number of nitrogens with one attached hydrogen (secondary N) is 2. The number of aromatic nitrogens is 1. The Hall–Kier alpha value is -2.26. The molecule has 7 nitrogen and oxygen atoms in total. The monoisotopic (exact) mass is 448 g/mol. The first-order valence-corrected chi connectivity index (χ1v) is 12.1. The number of unbranched alkanes of at least 4 members (excludes halogenated alkanes) is 1. The molecule has 162 valence electrons. The molecular weight excluding hydrogens is 420 g/mol. The van der Waals surface area contributed by atoms with Gasteiger partial charge in [-0.05, 0) is 37.6 Å². The van der Waals surface area contributed by atoms with E-state index in [9.17, 15) is 14.4 Å². The summed E-state index contributed by atoms with van der Waals surface area (Å²) in [5.41, 5.74) is 0.633. The molecule has 1 aliphatic rings. The highest BCUT2D eigenvalue weighted by molar-refractivity contribution is 7.14. The van der Waals surface area contributed by atoms with Gasteiger partial charge in [0.1, 0.15) is 0 Å². The largest absolute Gasteiger partial charge is 0.356 e. The van der Waals surface area contributed by atoms with Crippen LogP contribution in [0.2, 0.25) is 0 Å². The summed E-state index contributed by atoms with van der Waals surface area (Å²) < 4.78 is 0. The fourth-order valence-electron chi connectivity index (χ4n) is 3.47. The molecule has 0 saturated carbocycles. The van der Waals surface area contributed by atoms with E-state index in [1.165, 1.54) is 22.7 Å². The van der Waals surface area contributed by atoms with Gasteiger partial charge in [-0.3, -0.25) is 19.7 Å². The van der Waals surface area contributed by atoms with Crippen molar-refractivity contribution in [2.45, 2.75) is 52.0 Å². The van der Waals surface area contributed by atoms with Gasteiger partial charge in [0.05, 0.1) is 22.9 Å². The molecule has 3 rings (SSSR count). The summed E-state index contributed by atoms with van der Waals surface area (Å²) >= 11 is 2.67. The number of anilines is 1. The molecule has 2 aromatic heterocycles. The van der Waals surface area contributed by atoms with Gasteiger partial charge in [0.2, 0.25) is 11.8 Å². The van der Waals surface area contributed by atoms with Gasteiger partial charge in [-0.1, -0.05) is 19.4 Å². The second-order valence-electron chi connectivity index (χ2n) is 7.57. The number of carbonyl (C=O) groups excluding carboxylic acids is 3. The summed E-state index contributed by atoms with van der Waals surface area (Å²) in [5.74, 6) is -0.340. The van der Waals surface area contributed by atoms with E-state index in [1.807, 2.05) is 18.4 Å². The van der Waals surface area contributed by atoms with Crippen molar-refractivity contribution < 1.29 is 14.4 Å². The van der Waals surface area contributed by atoms with Gasteiger partial charge < -0.3 is 10.2 Å². The van der Waals surface area contributed by atoms with Gasteiger partial charge in [0.25, 0.3) is 5.91 Å². The maximum absolute atomic E-state index is 12.9. The molecule has 0 aliphatic carbocycles. The first-order chi connectivity index (χ1) is 14.5. The molecule has 30 heavy (non-hydrogen) atoms. The van der Waals surface area contributed by atoms with Crippen molar-refractivity contribution in [1.29, 1.82) is 0 Å². The molecular formula is C21H28N4O3S2. The molecule has 3 heterocycles. The van der Waals surface area contributed by atoms with Crippen LogP contribution >= 0.6 is 22.7 Å². The van der Waals surface area contributed by atoms with Gasteiger partial charge in [0.15, 0.2) is 5.13 Å². The maximum atomic E-state index is 12.9. The zero-order valence-corrected chi connectivity index (χ0v) is 19.0. The number of hydrogen-bond donors (Lipinski definition) is 2. The lowest BCUT2D eigenvalue weighted by Crippen LogP contribution is -2.50. The maximum Gasteiger partial charge on any atom is 0.267 e. The minimum atomic E-state index is -0.196. The van der Waals surface area contributed by atoms with Crippen LogP contribution in [0.15, 0.2) is 22.9 Å². The van der Waals surface area contributed by atoms with Crippen LogP contribution in [-0.2, 0) is 16.0 Å². The van der Waals surface area contributed by atoms with E-state index in [0.29, 0.717) is 28.8 Å². The van der Waals surface area contributed by atoms with Gasteiger partial charge >= 0.3 is 0 Å². The molecule has 0 aromatic carbocycles. The van der Waals surface area contributed by atoms with Crippen LogP contribution in [0.3, 0.4) is 0 Å². The fourth-order valence-corrected chi connectivity index (χ4v) is 4.79. The van der Waals surface area contributed by atoms with Crippen molar-refractivity contribution in [1.82, 2.24) is 15.2 Å². The number of amides is 3. The van der Waals surface area contributed by atoms with E-state index in [-0.39, 0.29) is 36.1 Å². The molecule has 1 saturated heterocycles. The quantitative estimate of drug-likeness (QED) is 0.604. The predicted octanol–water partition coefficient (Wildman–Crippen LogP) is 3.54. The summed E-state index contributed by atoms with van der Waals surface area (Å²) in [5, 5.41) is 9.88. The van der Waals surface area contributed by atoms with E-state index in [4.69, 9.17) is 0 Å². The predicted molar refractivity (Wildman–Crippen MR) is 120 cm³/mol. The summed E-state index contributed by atoms with van der Waals surface area (Å²) in [7, 11) is 0. The van der Waals surface area contributed by atoms with Crippen LogP contribution in [0.1, 0.15) is 54.9 Å². The molecule has 1 aliphatic heterocycles. The third kappa shape index (κ3) is 5.89. The second kappa shape index (κ2) is 10.7. The number of likely N-dealkylation sites (tertiary alicyclic amines) is 1. The van der Waals surface area contributed by atoms with Gasteiger partial charge in [-0.25, -0.2) is 4.98 Å². The molecule has 2 N–H and O–H groups in total. The zero-order chi connectivity index (χ0) is 21.5. The van der Waals surface area contributed by atoms with Crippen molar-refractivity contribution in [2.75, 3.05) is 18.4 Å². The van der Waals surface area contributed by atoms with Crippen LogP contribution in [0.5, 0.6) is 0 Å². The van der Waals surface area contributed by atoms with Crippen molar-refractivity contribution in [2.24, 2.45) is 5.92 Å². The summed E-state index contributed by atoms with van der Waals surface area (Å²) in [6.45, 7) is 5.25. The summed E-state index contributed by atoms with van der Waals surface area (Å²) in [6, 6.07) is 3.68. The third-order valence-electron chi connectivity index (χ3n) is 5.25. The normalized spacial score (nSPS) is 18.8. The highest BCUT2D eigenvalue weighted by Crippen LogP contribution is 2.24. The Balaban J connectivity index is 1.54. The Kier molecular flexibility index (Phi) is 7.98. The lowest BCUT2D eigenvalue weighted by molar-refractivity contribution is -0.137. The van der Waals surface area contributed by atoms with Crippen molar-refractivity contribution in [3.63, 3.8) is 0 Å². The zero-order valence-electron chi connectivity index (χ0n) is 17.3. The highest BCUT2D eigenvalue weighted by atomic mass is 32.1. The van der Waals surface area contributed by atoms with Crippen molar-refractivity contribution in [3.8, 4) is 0 Å². The molecule has 0 bridgehead atoms. The Morgan fingerprint density at radius 3 is 2.83 bits per heavy atom. The van der Waals surface area contributed by atoms with Gasteiger partial charge in [0, 0.05) is 24.5 Å². The average molecular weight is 449 g/mol. The lowest BCUT2D eigenvalue weighted by atomic mass is 9.92. The van der Waals surface area contributed by atoms with Gasteiger partial charge in [-0.2, -0.15) is 0 Å². The Morgan fingerprint density at radius 2 is 2.10 bits per heavy atom. The van der Waals surface area contributed by atoms with Crippen LogP contribution in [0.4, 0.5) is 5.13 Å². The minimum absolute atomic E-state index is 0.0324. The number of nitrogens with zero attached hydrogens (tertiary/aromatic N) is 2. The topological polar surface area (TPSA) is 91.4 Å². The summed E-state index contributed by atoms with van der Waals surface area (Å²) in [4.78, 5) is 44.3. The lowest BCUT2D eigenvalue weighted by Gasteiger charge is -2.37. The second-order valence-corrected chi connectivity index (χ2v) is 9.37. The third-order valence-corrected chi connectivity index (χ3v) is 6.93. The van der Waals surface area contributed by atoms with Crippen LogP contribution in [-0.4, -0.2) is 46.7 Å². The molecule has 1 fully saturated rings. The molecule has 9 heteroatoms. The minimum Gasteiger partial charge on any atom is -0.356 e. The van der Waals surface area contributed by atoms with Crippen molar-refractivity contribution >= 4 is 45.5 Å². The molecule has 0 unspecified atom stereocenters. The molecule has 0 spiro atoms. The van der Waals surface area contributed by atoms with Gasteiger partial charge in [-0.15, -0.1) is 22.7 Å². The Bertz CT molecular complexity index is 865. The van der Waals surface area contributed by atoms with Crippen molar-refractivity contribution in [3.05, 3.63) is 33.5 Å². The van der Waals surface area contributed by atoms with E-state index in [2.05, 4.69) is 22.5 Å². The first kappa shape index (κ1) is 22.4. The summed E-state index contributed by atoms with van der Waals surface area (Å²) in [6.07, 6.45) is 3.79. The number of rotatable bonds is 8. The molecule has 0 radical (unpaired) electrons. The number of piperidine rings is 1. The van der Waals surface area contributed by atoms with Crippen LogP contribution < -0.4 is 10.6 Å². The molecule has 3 amide bonds. The van der Waals surface area contributed by atoms with E-state index < -0.39 is 0 Å². The Morgan fingerprint density at radius 1 is 1.27 bits per heavy atom. The first-order valence-electron chi connectivity index (χ1n) is 10.3. The molecule has 2 aromatic rings. The number of thiophene rings is 1. The molecule has 2 atom stereocenters. The van der Waals surface area contributed by atoms with E-state index >= 15 is 0 Å². The van der Waals surface area contributed by atoms with E-state index in [1.54, 1.807) is 16.3 Å². The number of carbonyl (C=O) groups is 3. The fraction of sp³-hybridized carbons (Fsp3) is 0.524.